The van der Waals surface area contributed by atoms with Crippen molar-refractivity contribution in [2.75, 3.05) is 4.72 Å². The third-order valence-corrected chi connectivity index (χ3v) is 3.89. The maximum absolute atomic E-state index is 9.14. The second kappa shape index (κ2) is 4.94. The van der Waals surface area contributed by atoms with Gasteiger partial charge in [0.15, 0.2) is 0 Å². The van der Waals surface area contributed by atoms with E-state index < -0.39 is 0 Å². The highest BCUT2D eigenvalue weighted by atomic mass is 32.2. The lowest BCUT2D eigenvalue weighted by Crippen LogP contribution is -1.89. The molecule has 100 valence electrons. The average molecular weight is 283 g/mol. The third kappa shape index (κ3) is 2.12. The monoisotopic (exact) mass is 283 g/mol. The Kier molecular flexibility index (Phi) is 3.12. The molecular formula is C14H13N5S. The first-order chi connectivity index (χ1) is 9.69. The van der Waals surface area contributed by atoms with E-state index >= 15 is 0 Å². The van der Waals surface area contributed by atoms with Crippen LogP contribution >= 0.6 is 11.9 Å². The Labute approximate surface area is 120 Å². The molecular weight excluding hydrogens is 270 g/mol. The average Bonchev–Trinajstić information content (AvgIpc) is 3.05. The van der Waals surface area contributed by atoms with E-state index in [-0.39, 0.29) is 0 Å². The van der Waals surface area contributed by atoms with Gasteiger partial charge in [0.2, 0.25) is 0 Å². The van der Waals surface area contributed by atoms with Gasteiger partial charge in [0.25, 0.3) is 0 Å². The molecule has 6 heteroatoms. The molecule has 0 unspecified atom stereocenters. The molecule has 3 aromatic rings. The normalized spacial score (nSPS) is 10.7. The summed E-state index contributed by atoms with van der Waals surface area (Å²) in [5.74, 6) is 0. The second-order valence-electron chi connectivity index (χ2n) is 4.55. The number of hydrogen-bond donors (Lipinski definition) is 2. The summed E-state index contributed by atoms with van der Waals surface area (Å²) in [7, 11) is 1.89. The molecule has 0 aliphatic carbocycles. The van der Waals surface area contributed by atoms with Crippen LogP contribution in [0.1, 0.15) is 11.1 Å². The Balaban J connectivity index is 1.94. The van der Waals surface area contributed by atoms with Gasteiger partial charge in [-0.25, -0.2) is 0 Å². The molecule has 3 rings (SSSR count). The number of anilines is 1. The van der Waals surface area contributed by atoms with Gasteiger partial charge in [-0.2, -0.15) is 10.4 Å². The summed E-state index contributed by atoms with van der Waals surface area (Å²) in [6, 6.07) is 6.25. The lowest BCUT2D eigenvalue weighted by molar-refractivity contribution is 0.766. The summed E-state index contributed by atoms with van der Waals surface area (Å²) in [6.45, 7) is 2.01. The maximum atomic E-state index is 9.14. The molecule has 5 nitrogen and oxygen atoms in total. The van der Waals surface area contributed by atoms with Gasteiger partial charge >= 0.3 is 0 Å². The first kappa shape index (κ1) is 12.6. The fourth-order valence-corrected chi connectivity index (χ4v) is 2.86. The van der Waals surface area contributed by atoms with Gasteiger partial charge in [-0.3, -0.25) is 4.68 Å². The van der Waals surface area contributed by atoms with Crippen molar-refractivity contribution in [2.45, 2.75) is 11.8 Å². The fourth-order valence-electron chi connectivity index (χ4n) is 2.16. The number of fused-ring (bicyclic) bond motifs is 1. The predicted molar refractivity (Wildman–Crippen MR) is 80.4 cm³/mol. The van der Waals surface area contributed by atoms with Crippen LogP contribution < -0.4 is 4.72 Å². The summed E-state index contributed by atoms with van der Waals surface area (Å²) >= 11 is 1.50. The van der Waals surface area contributed by atoms with Crippen molar-refractivity contribution in [3.05, 3.63) is 41.9 Å². The Morgan fingerprint density at radius 1 is 1.45 bits per heavy atom. The molecule has 2 N–H and O–H groups in total. The van der Waals surface area contributed by atoms with Crippen molar-refractivity contribution in [3.63, 3.8) is 0 Å². The fraction of sp³-hybridized carbons (Fsp3) is 0.143. The summed E-state index contributed by atoms with van der Waals surface area (Å²) in [6.07, 6.45) is 5.49. The SMILES string of the molecule is Cc1ccc(NSc2cnn(C)c2)c2[nH]cc(C#N)c12. The number of aryl methyl sites for hydroxylation is 2. The number of H-pyrrole nitrogens is 1. The lowest BCUT2D eigenvalue weighted by atomic mass is 10.1. The van der Waals surface area contributed by atoms with Crippen molar-refractivity contribution in [2.24, 2.45) is 7.05 Å². The van der Waals surface area contributed by atoms with Gasteiger partial charge < -0.3 is 9.71 Å². The van der Waals surface area contributed by atoms with Crippen molar-refractivity contribution in [1.82, 2.24) is 14.8 Å². The number of aromatic amines is 1. The van der Waals surface area contributed by atoms with Crippen molar-refractivity contribution >= 4 is 28.5 Å². The van der Waals surface area contributed by atoms with Crippen LogP contribution in [0.15, 0.2) is 35.6 Å². The van der Waals surface area contributed by atoms with E-state index in [1.165, 1.54) is 11.9 Å². The highest BCUT2D eigenvalue weighted by molar-refractivity contribution is 8.00. The summed E-state index contributed by atoms with van der Waals surface area (Å²) in [4.78, 5) is 4.21. The molecule has 2 aromatic heterocycles. The standard InChI is InChI=1S/C14H13N5S/c1-9-3-4-12(14-13(9)10(5-15)6-16-14)18-20-11-7-17-19(2)8-11/h3-4,6-8,16,18H,1-2H3. The van der Waals surface area contributed by atoms with E-state index in [9.17, 15) is 0 Å². The minimum atomic E-state index is 0.674. The molecule has 20 heavy (non-hydrogen) atoms. The van der Waals surface area contributed by atoms with Crippen LogP contribution in [0.2, 0.25) is 0 Å². The molecule has 0 atom stereocenters. The van der Waals surface area contributed by atoms with Crippen LogP contribution in [0.25, 0.3) is 10.9 Å². The van der Waals surface area contributed by atoms with Gasteiger partial charge in [-0.15, -0.1) is 0 Å². The lowest BCUT2D eigenvalue weighted by Gasteiger charge is -2.07. The smallest absolute Gasteiger partial charge is 0.101 e. The maximum Gasteiger partial charge on any atom is 0.101 e. The Morgan fingerprint density at radius 2 is 2.30 bits per heavy atom. The van der Waals surface area contributed by atoms with Gasteiger partial charge in [0.1, 0.15) is 6.07 Å². The molecule has 0 bridgehead atoms. The number of nitrogens with zero attached hydrogens (tertiary/aromatic N) is 3. The molecule has 0 radical (unpaired) electrons. The Bertz CT molecular complexity index is 809. The van der Waals surface area contributed by atoms with Gasteiger partial charge in [-0.1, -0.05) is 6.07 Å². The van der Waals surface area contributed by atoms with Gasteiger partial charge in [-0.05, 0) is 30.5 Å². The van der Waals surface area contributed by atoms with Gasteiger partial charge in [0, 0.05) is 24.8 Å². The molecule has 0 saturated heterocycles. The van der Waals surface area contributed by atoms with Crippen LogP contribution in [-0.4, -0.2) is 14.8 Å². The Morgan fingerprint density at radius 3 is 3.00 bits per heavy atom. The molecule has 1 aromatic carbocycles. The third-order valence-electron chi connectivity index (χ3n) is 3.12. The quantitative estimate of drug-likeness (QED) is 0.724. The predicted octanol–water partition coefficient (Wildman–Crippen LogP) is 3.20. The number of hydrogen-bond acceptors (Lipinski definition) is 4. The first-order valence-corrected chi connectivity index (χ1v) is 6.93. The number of aromatic nitrogens is 3. The second-order valence-corrected chi connectivity index (χ2v) is 5.43. The highest BCUT2D eigenvalue weighted by Gasteiger charge is 2.10. The van der Waals surface area contributed by atoms with E-state index in [0.717, 1.165) is 27.0 Å². The molecule has 0 aliphatic heterocycles. The molecule has 2 heterocycles. The number of rotatable bonds is 3. The zero-order valence-corrected chi connectivity index (χ0v) is 12.0. The minimum absolute atomic E-state index is 0.674. The topological polar surface area (TPSA) is 69.4 Å². The summed E-state index contributed by atoms with van der Waals surface area (Å²) in [5.41, 5.74) is 3.68. The van der Waals surface area contributed by atoms with Crippen molar-refractivity contribution in [1.29, 1.82) is 5.26 Å². The molecule has 0 spiro atoms. The van der Waals surface area contributed by atoms with E-state index in [0.29, 0.717) is 5.56 Å². The summed E-state index contributed by atoms with van der Waals surface area (Å²) in [5, 5.41) is 14.2. The van der Waals surface area contributed by atoms with Crippen LogP contribution in [-0.2, 0) is 7.05 Å². The Hall–Kier alpha value is -2.39. The molecule has 0 fully saturated rings. The van der Waals surface area contributed by atoms with E-state index in [4.69, 9.17) is 5.26 Å². The first-order valence-electron chi connectivity index (χ1n) is 6.11. The number of nitrogens with one attached hydrogen (secondary N) is 2. The number of benzene rings is 1. The van der Waals surface area contributed by atoms with Crippen LogP contribution in [0, 0.1) is 18.3 Å². The summed E-state index contributed by atoms with van der Waals surface area (Å²) < 4.78 is 5.07. The largest absolute Gasteiger partial charge is 0.358 e. The van der Waals surface area contributed by atoms with Crippen molar-refractivity contribution < 1.29 is 0 Å². The van der Waals surface area contributed by atoms with E-state index in [2.05, 4.69) is 20.9 Å². The van der Waals surface area contributed by atoms with Crippen LogP contribution in [0.5, 0.6) is 0 Å². The van der Waals surface area contributed by atoms with E-state index in [1.807, 2.05) is 32.3 Å². The zero-order valence-electron chi connectivity index (χ0n) is 11.1. The van der Waals surface area contributed by atoms with Crippen molar-refractivity contribution in [3.8, 4) is 6.07 Å². The minimum Gasteiger partial charge on any atom is -0.358 e. The van der Waals surface area contributed by atoms with E-state index in [1.54, 1.807) is 17.1 Å². The zero-order chi connectivity index (χ0) is 14.1. The number of nitriles is 1. The van der Waals surface area contributed by atoms with Crippen LogP contribution in [0.4, 0.5) is 5.69 Å². The molecule has 0 amide bonds. The van der Waals surface area contributed by atoms with Gasteiger partial charge in [0.05, 0.1) is 27.9 Å². The highest BCUT2D eigenvalue weighted by Crippen LogP contribution is 2.31. The molecule has 0 aliphatic rings. The van der Waals surface area contributed by atoms with Crippen LogP contribution in [0.3, 0.4) is 0 Å². The molecule has 0 saturated carbocycles.